The molecule has 3 heterocycles. The monoisotopic (exact) mass is 386 g/mol. The molecule has 1 aromatic carbocycles. The first-order valence-electron chi connectivity index (χ1n) is 9.06. The fourth-order valence-electron chi connectivity index (χ4n) is 3.47. The molecule has 0 saturated carbocycles. The lowest BCUT2D eigenvalue weighted by atomic mass is 10.0. The highest BCUT2D eigenvalue weighted by Crippen LogP contribution is 2.36. The molecular formula is C21H18N6S. The Balaban J connectivity index is 1.54. The highest BCUT2D eigenvalue weighted by molar-refractivity contribution is 7.18. The van der Waals surface area contributed by atoms with Gasteiger partial charge in [-0.2, -0.15) is 0 Å². The fraction of sp³-hybridized carbons (Fsp3) is 0.143. The normalized spacial score (nSPS) is 12.7. The van der Waals surface area contributed by atoms with Gasteiger partial charge in [-0.3, -0.25) is 4.57 Å². The van der Waals surface area contributed by atoms with E-state index in [0.717, 1.165) is 45.0 Å². The van der Waals surface area contributed by atoms with E-state index in [1.807, 2.05) is 36.9 Å². The zero-order valence-corrected chi connectivity index (χ0v) is 16.4. The average Bonchev–Trinajstić information content (AvgIpc) is 3.46. The number of aromatic nitrogens is 5. The molecular weight excluding hydrogens is 368 g/mol. The van der Waals surface area contributed by atoms with Crippen molar-refractivity contribution in [1.29, 1.82) is 0 Å². The van der Waals surface area contributed by atoms with Gasteiger partial charge in [0.15, 0.2) is 0 Å². The van der Waals surface area contributed by atoms with Gasteiger partial charge in [-0.1, -0.05) is 35.6 Å². The van der Waals surface area contributed by atoms with Gasteiger partial charge in [0.2, 0.25) is 5.13 Å². The van der Waals surface area contributed by atoms with E-state index in [2.05, 4.69) is 50.8 Å². The second-order valence-corrected chi connectivity index (χ2v) is 7.56. The minimum atomic E-state index is 0.816. The van der Waals surface area contributed by atoms with E-state index in [1.54, 1.807) is 17.5 Å². The van der Waals surface area contributed by atoms with Crippen LogP contribution in [-0.2, 0) is 6.42 Å². The molecule has 0 amide bonds. The molecule has 1 aliphatic rings. The Morgan fingerprint density at radius 1 is 1.14 bits per heavy atom. The molecule has 7 heteroatoms. The summed E-state index contributed by atoms with van der Waals surface area (Å²) in [5.74, 6) is 1.80. The second kappa shape index (κ2) is 6.69. The van der Waals surface area contributed by atoms with Crippen molar-refractivity contribution in [3.63, 3.8) is 0 Å². The van der Waals surface area contributed by atoms with Crippen LogP contribution in [0.2, 0.25) is 0 Å². The van der Waals surface area contributed by atoms with Gasteiger partial charge in [-0.05, 0) is 42.7 Å². The van der Waals surface area contributed by atoms with Crippen molar-refractivity contribution in [1.82, 2.24) is 24.7 Å². The SMILES string of the molecule is CNc1nnc(-c2ccc3c(c2)C(c2cccc(-n4ccnc4C)n2)=CC3)s1. The standard InChI is InChI=1S/C21H18N6S/c1-13-23-10-11-27(13)19-5-3-4-18(24-19)16-9-8-14-6-7-15(12-17(14)16)20-25-26-21(22-2)28-20/h3-7,9-12H,8H2,1-2H3,(H,22,26). The number of hydrogen-bond acceptors (Lipinski definition) is 6. The number of imidazole rings is 1. The van der Waals surface area contributed by atoms with Crippen LogP contribution in [-0.4, -0.2) is 31.8 Å². The van der Waals surface area contributed by atoms with Crippen molar-refractivity contribution in [2.45, 2.75) is 13.3 Å². The Morgan fingerprint density at radius 3 is 2.86 bits per heavy atom. The van der Waals surface area contributed by atoms with E-state index in [1.165, 1.54) is 11.1 Å². The number of aryl methyl sites for hydroxylation is 1. The number of anilines is 1. The van der Waals surface area contributed by atoms with Crippen molar-refractivity contribution in [3.05, 3.63) is 77.5 Å². The number of pyridine rings is 1. The molecule has 28 heavy (non-hydrogen) atoms. The Morgan fingerprint density at radius 2 is 2.07 bits per heavy atom. The number of benzene rings is 1. The van der Waals surface area contributed by atoms with Gasteiger partial charge in [-0.25, -0.2) is 9.97 Å². The minimum Gasteiger partial charge on any atom is -0.363 e. The molecule has 0 aliphatic heterocycles. The summed E-state index contributed by atoms with van der Waals surface area (Å²) in [5, 5.41) is 13.2. The molecule has 0 spiro atoms. The van der Waals surface area contributed by atoms with Crippen LogP contribution in [0.25, 0.3) is 22.0 Å². The van der Waals surface area contributed by atoms with Gasteiger partial charge in [-0.15, -0.1) is 10.2 Å². The maximum Gasteiger partial charge on any atom is 0.205 e. The Hall–Kier alpha value is -3.32. The molecule has 138 valence electrons. The maximum absolute atomic E-state index is 4.90. The van der Waals surface area contributed by atoms with Crippen LogP contribution in [0.4, 0.5) is 5.13 Å². The Bertz CT molecular complexity index is 1200. The molecule has 0 radical (unpaired) electrons. The summed E-state index contributed by atoms with van der Waals surface area (Å²) in [6.45, 7) is 1.98. The van der Waals surface area contributed by atoms with Gasteiger partial charge in [0.25, 0.3) is 0 Å². The lowest BCUT2D eigenvalue weighted by Gasteiger charge is -2.10. The number of nitrogens with one attached hydrogen (secondary N) is 1. The molecule has 0 bridgehead atoms. The van der Waals surface area contributed by atoms with Gasteiger partial charge in [0.05, 0.1) is 5.69 Å². The highest BCUT2D eigenvalue weighted by atomic mass is 32.1. The highest BCUT2D eigenvalue weighted by Gasteiger charge is 2.19. The van der Waals surface area contributed by atoms with E-state index >= 15 is 0 Å². The number of hydrogen-bond donors (Lipinski definition) is 1. The molecule has 1 N–H and O–H groups in total. The van der Waals surface area contributed by atoms with Crippen molar-refractivity contribution < 1.29 is 0 Å². The zero-order valence-electron chi connectivity index (χ0n) is 15.5. The molecule has 0 unspecified atom stereocenters. The first kappa shape index (κ1) is 16.8. The third kappa shape index (κ3) is 2.80. The molecule has 0 fully saturated rings. The third-order valence-corrected chi connectivity index (χ3v) is 5.88. The summed E-state index contributed by atoms with van der Waals surface area (Å²) < 4.78 is 2.00. The molecule has 0 atom stereocenters. The molecule has 4 aromatic rings. The largest absolute Gasteiger partial charge is 0.363 e. The van der Waals surface area contributed by atoms with Crippen molar-refractivity contribution in [3.8, 4) is 16.4 Å². The third-order valence-electron chi connectivity index (χ3n) is 4.89. The van der Waals surface area contributed by atoms with Crippen LogP contribution < -0.4 is 5.32 Å². The van der Waals surface area contributed by atoms with Gasteiger partial charge >= 0.3 is 0 Å². The number of nitrogens with zero attached hydrogens (tertiary/aromatic N) is 5. The van der Waals surface area contributed by atoms with Crippen LogP contribution in [0.3, 0.4) is 0 Å². The average molecular weight is 386 g/mol. The topological polar surface area (TPSA) is 68.5 Å². The van der Waals surface area contributed by atoms with Crippen molar-refractivity contribution in [2.75, 3.05) is 12.4 Å². The van der Waals surface area contributed by atoms with Crippen LogP contribution in [0, 0.1) is 6.92 Å². The minimum absolute atomic E-state index is 0.816. The van der Waals surface area contributed by atoms with E-state index in [4.69, 9.17) is 4.98 Å². The van der Waals surface area contributed by atoms with Crippen LogP contribution >= 0.6 is 11.3 Å². The number of fused-ring (bicyclic) bond motifs is 1. The summed E-state index contributed by atoms with van der Waals surface area (Å²) in [7, 11) is 1.86. The Labute approximate surface area is 166 Å². The first-order chi connectivity index (χ1) is 13.7. The number of rotatable bonds is 4. The molecule has 5 rings (SSSR count). The summed E-state index contributed by atoms with van der Waals surface area (Å²) in [6.07, 6.45) is 6.90. The predicted octanol–water partition coefficient (Wildman–Crippen LogP) is 4.12. The lowest BCUT2D eigenvalue weighted by Crippen LogP contribution is -2.01. The van der Waals surface area contributed by atoms with Crippen molar-refractivity contribution >= 4 is 22.0 Å². The summed E-state index contributed by atoms with van der Waals surface area (Å²) in [4.78, 5) is 9.20. The summed E-state index contributed by atoms with van der Waals surface area (Å²) >= 11 is 1.55. The fourth-order valence-corrected chi connectivity index (χ4v) is 4.16. The maximum atomic E-state index is 4.90. The van der Waals surface area contributed by atoms with Gasteiger partial charge in [0, 0.05) is 30.6 Å². The molecule has 0 saturated heterocycles. The van der Waals surface area contributed by atoms with Gasteiger partial charge < -0.3 is 5.32 Å². The molecule has 1 aliphatic carbocycles. The van der Waals surface area contributed by atoms with Crippen LogP contribution in [0.1, 0.15) is 22.6 Å². The molecule has 3 aromatic heterocycles. The van der Waals surface area contributed by atoms with Gasteiger partial charge in [0.1, 0.15) is 16.6 Å². The van der Waals surface area contributed by atoms with Crippen LogP contribution in [0.5, 0.6) is 0 Å². The predicted molar refractivity (Wildman–Crippen MR) is 112 cm³/mol. The van der Waals surface area contributed by atoms with E-state index in [-0.39, 0.29) is 0 Å². The van der Waals surface area contributed by atoms with E-state index in [0.29, 0.717) is 0 Å². The Kier molecular flexibility index (Phi) is 4.02. The first-order valence-corrected chi connectivity index (χ1v) is 9.87. The lowest BCUT2D eigenvalue weighted by molar-refractivity contribution is 0.929. The summed E-state index contributed by atoms with van der Waals surface area (Å²) in [6, 6.07) is 12.6. The summed E-state index contributed by atoms with van der Waals surface area (Å²) in [5.41, 5.74) is 5.73. The van der Waals surface area contributed by atoms with E-state index in [9.17, 15) is 0 Å². The van der Waals surface area contributed by atoms with E-state index < -0.39 is 0 Å². The second-order valence-electron chi connectivity index (χ2n) is 6.58. The zero-order chi connectivity index (χ0) is 19.1. The molecule has 6 nitrogen and oxygen atoms in total. The smallest absolute Gasteiger partial charge is 0.205 e. The van der Waals surface area contributed by atoms with Crippen LogP contribution in [0.15, 0.2) is 54.9 Å². The number of allylic oxidation sites excluding steroid dienone is 1. The van der Waals surface area contributed by atoms with Crippen molar-refractivity contribution in [2.24, 2.45) is 0 Å². The quantitative estimate of drug-likeness (QED) is 0.571.